The summed E-state index contributed by atoms with van der Waals surface area (Å²) in [6.07, 6.45) is 2.23. The van der Waals surface area contributed by atoms with Crippen LogP contribution in [0.2, 0.25) is 0 Å². The van der Waals surface area contributed by atoms with Crippen LogP contribution >= 0.6 is 11.8 Å². The van der Waals surface area contributed by atoms with Crippen molar-refractivity contribution in [3.05, 3.63) is 0 Å². The molecule has 0 spiro atoms. The van der Waals surface area contributed by atoms with Crippen LogP contribution < -0.4 is 4.84 Å². The number of hydrogen-bond donors (Lipinski definition) is 2. The zero-order valence-electron chi connectivity index (χ0n) is 7.09. The fourth-order valence-corrected chi connectivity index (χ4v) is 1.44. The predicted molar refractivity (Wildman–Crippen MR) is 46.8 cm³/mol. The summed E-state index contributed by atoms with van der Waals surface area (Å²) in [5.74, 6) is 0.420. The molecule has 3 nitrogen and oxygen atoms in total. The third-order valence-electron chi connectivity index (χ3n) is 2.22. The molecule has 1 saturated carbocycles. The molecule has 0 aliphatic heterocycles. The molecule has 1 aliphatic carbocycles. The fraction of sp³-hybridized carbons (Fsp3) is 0.875. The van der Waals surface area contributed by atoms with Crippen molar-refractivity contribution >= 4 is 17.6 Å². The molecule has 0 aromatic rings. The van der Waals surface area contributed by atoms with Gasteiger partial charge in [0.1, 0.15) is 6.10 Å². The van der Waals surface area contributed by atoms with Gasteiger partial charge in [0.05, 0.1) is 6.04 Å². The zero-order chi connectivity index (χ0) is 9.14. The molecule has 0 amide bonds. The molecule has 70 valence electrons. The van der Waals surface area contributed by atoms with E-state index in [9.17, 15) is 9.90 Å². The second kappa shape index (κ2) is 4.21. The molecule has 0 aromatic carbocycles. The molecule has 2 atom stereocenters. The Labute approximate surface area is 77.2 Å². The molecular formula is C8H14ClNO2. The highest BCUT2D eigenvalue weighted by atomic mass is 35.5. The van der Waals surface area contributed by atoms with E-state index in [0.29, 0.717) is 5.92 Å². The number of aliphatic hydroxyl groups is 1. The quantitative estimate of drug-likeness (QED) is 0.634. The van der Waals surface area contributed by atoms with Gasteiger partial charge in [0.2, 0.25) is 0 Å². The highest BCUT2D eigenvalue weighted by Gasteiger charge is 2.30. The Kier molecular flexibility index (Phi) is 3.50. The summed E-state index contributed by atoms with van der Waals surface area (Å²) in [5.41, 5.74) is 0. The number of ketones is 1. The second-order valence-corrected chi connectivity index (χ2v) is 3.67. The number of carbonyl (C=O) groups excluding carboxylic acids is 1. The van der Waals surface area contributed by atoms with Gasteiger partial charge in [-0.05, 0) is 31.0 Å². The number of carbonyl (C=O) groups is 1. The molecule has 0 bridgehead atoms. The molecule has 2 unspecified atom stereocenters. The Morgan fingerprint density at radius 1 is 1.75 bits per heavy atom. The molecule has 0 heterocycles. The molecule has 2 N–H and O–H groups in total. The first-order valence-electron chi connectivity index (χ1n) is 4.19. The van der Waals surface area contributed by atoms with Crippen LogP contribution in [-0.2, 0) is 4.79 Å². The van der Waals surface area contributed by atoms with Crippen LogP contribution in [0.3, 0.4) is 0 Å². The van der Waals surface area contributed by atoms with Gasteiger partial charge in [-0.2, -0.15) is 0 Å². The van der Waals surface area contributed by atoms with Crippen molar-refractivity contribution in [2.24, 2.45) is 5.92 Å². The van der Waals surface area contributed by atoms with Crippen LogP contribution in [0.1, 0.15) is 26.2 Å². The highest BCUT2D eigenvalue weighted by molar-refractivity contribution is 6.13. The first-order valence-corrected chi connectivity index (χ1v) is 4.57. The summed E-state index contributed by atoms with van der Waals surface area (Å²) >= 11 is 5.42. The number of hydrogen-bond acceptors (Lipinski definition) is 3. The summed E-state index contributed by atoms with van der Waals surface area (Å²) in [6.45, 7) is 1.37. The number of nitrogens with one attached hydrogen (secondary N) is 1. The van der Waals surface area contributed by atoms with E-state index in [2.05, 4.69) is 4.84 Å². The van der Waals surface area contributed by atoms with E-state index in [0.717, 1.165) is 6.42 Å². The van der Waals surface area contributed by atoms with E-state index in [4.69, 9.17) is 11.8 Å². The standard InChI is InChI=1S/C8H14ClNO2/c1-5(11)8(12)7(10-9)4-6-2-3-6/h6-8,10,12H,2-4H2,1H3. The molecule has 1 rings (SSSR count). The van der Waals surface area contributed by atoms with Crippen LogP contribution in [0.25, 0.3) is 0 Å². The van der Waals surface area contributed by atoms with Crippen molar-refractivity contribution in [3.8, 4) is 0 Å². The largest absolute Gasteiger partial charge is 0.384 e. The molecule has 12 heavy (non-hydrogen) atoms. The van der Waals surface area contributed by atoms with E-state index in [1.165, 1.54) is 19.8 Å². The zero-order valence-corrected chi connectivity index (χ0v) is 7.84. The first kappa shape index (κ1) is 9.96. The van der Waals surface area contributed by atoms with Gasteiger partial charge in [-0.15, -0.1) is 0 Å². The first-order chi connectivity index (χ1) is 5.65. The van der Waals surface area contributed by atoms with E-state index in [-0.39, 0.29) is 11.8 Å². The lowest BCUT2D eigenvalue weighted by atomic mass is 10.0. The molecule has 0 radical (unpaired) electrons. The summed E-state index contributed by atoms with van der Waals surface area (Å²) in [4.78, 5) is 13.3. The van der Waals surface area contributed by atoms with Crippen LogP contribution in [0.5, 0.6) is 0 Å². The smallest absolute Gasteiger partial charge is 0.159 e. The van der Waals surface area contributed by atoms with Crippen molar-refractivity contribution in [1.29, 1.82) is 0 Å². The Balaban J connectivity index is 2.36. The van der Waals surface area contributed by atoms with E-state index in [1.54, 1.807) is 0 Å². The van der Waals surface area contributed by atoms with Crippen molar-refractivity contribution in [2.75, 3.05) is 0 Å². The minimum absolute atomic E-state index is 0.228. The van der Waals surface area contributed by atoms with E-state index in [1.807, 2.05) is 0 Å². The average molecular weight is 192 g/mol. The third-order valence-corrected chi connectivity index (χ3v) is 2.50. The van der Waals surface area contributed by atoms with Gasteiger partial charge >= 0.3 is 0 Å². The molecule has 4 heteroatoms. The molecule has 1 aliphatic rings. The van der Waals surface area contributed by atoms with Crippen molar-refractivity contribution < 1.29 is 9.90 Å². The SMILES string of the molecule is CC(=O)C(O)C(CC1CC1)NCl. The van der Waals surface area contributed by atoms with Crippen LogP contribution in [0.4, 0.5) is 0 Å². The maximum atomic E-state index is 10.8. The summed E-state index contributed by atoms with van der Waals surface area (Å²) in [7, 11) is 0. The van der Waals surface area contributed by atoms with Gasteiger partial charge in [0.15, 0.2) is 5.78 Å². The van der Waals surface area contributed by atoms with Crippen LogP contribution in [-0.4, -0.2) is 23.0 Å². The number of halogens is 1. The lowest BCUT2D eigenvalue weighted by Gasteiger charge is -2.18. The van der Waals surface area contributed by atoms with Gasteiger partial charge in [0, 0.05) is 0 Å². The molecular weight excluding hydrogens is 178 g/mol. The van der Waals surface area contributed by atoms with Crippen molar-refractivity contribution in [3.63, 3.8) is 0 Å². The topological polar surface area (TPSA) is 49.3 Å². The summed E-state index contributed by atoms with van der Waals surface area (Å²) in [5, 5.41) is 9.37. The van der Waals surface area contributed by atoms with Gasteiger partial charge in [-0.25, -0.2) is 4.84 Å². The van der Waals surface area contributed by atoms with Gasteiger partial charge in [0.25, 0.3) is 0 Å². The van der Waals surface area contributed by atoms with E-state index < -0.39 is 6.10 Å². The maximum Gasteiger partial charge on any atom is 0.159 e. The molecule has 0 aromatic heterocycles. The Bertz CT molecular complexity index is 170. The maximum absolute atomic E-state index is 10.8. The fourth-order valence-electron chi connectivity index (χ4n) is 1.23. The minimum Gasteiger partial charge on any atom is -0.384 e. The van der Waals surface area contributed by atoms with Gasteiger partial charge in [-0.3, -0.25) is 4.79 Å². The summed E-state index contributed by atoms with van der Waals surface area (Å²) in [6, 6.07) is -0.281. The Morgan fingerprint density at radius 3 is 2.67 bits per heavy atom. The van der Waals surface area contributed by atoms with Crippen molar-refractivity contribution in [2.45, 2.75) is 38.3 Å². The predicted octanol–water partition coefficient (Wildman–Crippen LogP) is 0.848. The summed E-state index contributed by atoms with van der Waals surface area (Å²) < 4.78 is 0. The number of aliphatic hydroxyl groups excluding tert-OH is 1. The van der Waals surface area contributed by atoms with Gasteiger partial charge < -0.3 is 5.11 Å². The average Bonchev–Trinajstić information content (AvgIpc) is 2.82. The number of Topliss-reactive ketones (excluding diaryl/α,β-unsaturated/α-hetero) is 1. The van der Waals surface area contributed by atoms with Gasteiger partial charge in [-0.1, -0.05) is 12.8 Å². The highest BCUT2D eigenvalue weighted by Crippen LogP contribution is 2.34. The molecule has 0 saturated heterocycles. The number of rotatable bonds is 5. The van der Waals surface area contributed by atoms with E-state index >= 15 is 0 Å². The normalized spacial score (nSPS) is 21.9. The molecule has 1 fully saturated rings. The Morgan fingerprint density at radius 2 is 2.33 bits per heavy atom. The van der Waals surface area contributed by atoms with Crippen LogP contribution in [0, 0.1) is 5.92 Å². The van der Waals surface area contributed by atoms with Crippen molar-refractivity contribution in [1.82, 2.24) is 4.84 Å². The van der Waals surface area contributed by atoms with Crippen LogP contribution in [0.15, 0.2) is 0 Å². The Hall–Kier alpha value is -0.120. The monoisotopic (exact) mass is 191 g/mol. The second-order valence-electron chi connectivity index (χ2n) is 3.45. The lowest BCUT2D eigenvalue weighted by molar-refractivity contribution is -0.126. The third kappa shape index (κ3) is 2.73. The lowest BCUT2D eigenvalue weighted by Crippen LogP contribution is -2.39. The minimum atomic E-state index is -0.955.